The number of H-pyrrole nitrogens is 1. The fourth-order valence-electron chi connectivity index (χ4n) is 2.13. The van der Waals surface area contributed by atoms with Gasteiger partial charge < -0.3 is 15.6 Å². The van der Waals surface area contributed by atoms with Crippen LogP contribution in [0.3, 0.4) is 0 Å². The molecular formula is C12H20ClN3O. The zero-order chi connectivity index (χ0) is 11.5. The van der Waals surface area contributed by atoms with Crippen molar-refractivity contribution in [2.45, 2.75) is 26.3 Å². The molecule has 96 valence electrons. The Balaban J connectivity index is 0.00000144. The fraction of sp³-hybridized carbons (Fsp3) is 0.583. The van der Waals surface area contributed by atoms with E-state index in [0.29, 0.717) is 5.92 Å². The van der Waals surface area contributed by atoms with E-state index in [-0.39, 0.29) is 24.4 Å². The zero-order valence-corrected chi connectivity index (χ0v) is 11.1. The second-order valence-corrected chi connectivity index (χ2v) is 4.57. The van der Waals surface area contributed by atoms with Gasteiger partial charge in [-0.25, -0.2) is 0 Å². The Kier molecular flexibility index (Phi) is 5.02. The van der Waals surface area contributed by atoms with Crippen LogP contribution in [0.15, 0.2) is 12.3 Å². The van der Waals surface area contributed by atoms with Crippen molar-refractivity contribution in [3.8, 4) is 0 Å². The van der Waals surface area contributed by atoms with Gasteiger partial charge in [0.1, 0.15) is 0 Å². The fourth-order valence-corrected chi connectivity index (χ4v) is 2.13. The van der Waals surface area contributed by atoms with Crippen LogP contribution in [-0.4, -0.2) is 30.0 Å². The van der Waals surface area contributed by atoms with Gasteiger partial charge >= 0.3 is 0 Å². The van der Waals surface area contributed by atoms with Crippen LogP contribution < -0.4 is 10.6 Å². The van der Waals surface area contributed by atoms with Gasteiger partial charge in [0.05, 0.1) is 5.56 Å². The summed E-state index contributed by atoms with van der Waals surface area (Å²) in [5.41, 5.74) is 1.67. The van der Waals surface area contributed by atoms with Crippen LogP contribution in [0.4, 0.5) is 0 Å². The lowest BCUT2D eigenvalue weighted by atomic mass is 9.94. The van der Waals surface area contributed by atoms with Crippen molar-refractivity contribution in [2.24, 2.45) is 5.92 Å². The molecule has 2 atom stereocenters. The molecule has 1 saturated heterocycles. The third kappa shape index (κ3) is 3.23. The molecule has 2 unspecified atom stereocenters. The van der Waals surface area contributed by atoms with Gasteiger partial charge in [0, 0.05) is 24.5 Å². The minimum Gasteiger partial charge on any atom is -0.365 e. The molecule has 1 aromatic rings. The summed E-state index contributed by atoms with van der Waals surface area (Å²) >= 11 is 0. The van der Waals surface area contributed by atoms with Gasteiger partial charge in [0.15, 0.2) is 0 Å². The molecule has 0 aromatic carbocycles. The summed E-state index contributed by atoms with van der Waals surface area (Å²) in [6.07, 6.45) is 2.92. The number of aromatic nitrogens is 1. The molecule has 0 aliphatic carbocycles. The Morgan fingerprint density at radius 2 is 2.29 bits per heavy atom. The molecule has 2 rings (SSSR count). The van der Waals surface area contributed by atoms with E-state index < -0.39 is 0 Å². The molecule has 0 bridgehead atoms. The molecule has 17 heavy (non-hydrogen) atoms. The van der Waals surface area contributed by atoms with Crippen molar-refractivity contribution in [3.63, 3.8) is 0 Å². The average molecular weight is 258 g/mol. The number of aryl methyl sites for hydroxylation is 1. The van der Waals surface area contributed by atoms with Crippen molar-refractivity contribution in [1.29, 1.82) is 0 Å². The molecule has 1 fully saturated rings. The van der Waals surface area contributed by atoms with Crippen LogP contribution in [0, 0.1) is 12.8 Å². The summed E-state index contributed by atoms with van der Waals surface area (Å²) in [4.78, 5) is 15.0. The van der Waals surface area contributed by atoms with Crippen molar-refractivity contribution in [3.05, 3.63) is 23.5 Å². The lowest BCUT2D eigenvalue weighted by Gasteiger charge is -2.30. The summed E-state index contributed by atoms with van der Waals surface area (Å²) in [5, 5.41) is 6.40. The molecular weight excluding hydrogens is 238 g/mol. The molecule has 1 aromatic heterocycles. The highest BCUT2D eigenvalue weighted by molar-refractivity contribution is 5.95. The van der Waals surface area contributed by atoms with Gasteiger partial charge in [-0.3, -0.25) is 4.79 Å². The molecule has 1 aliphatic rings. The topological polar surface area (TPSA) is 56.9 Å². The number of hydrogen-bond donors (Lipinski definition) is 3. The van der Waals surface area contributed by atoms with Crippen molar-refractivity contribution >= 4 is 18.3 Å². The van der Waals surface area contributed by atoms with E-state index in [0.717, 1.165) is 30.8 Å². The van der Waals surface area contributed by atoms with E-state index in [1.54, 1.807) is 6.20 Å². The number of halogens is 1. The van der Waals surface area contributed by atoms with Crippen LogP contribution >= 0.6 is 12.4 Å². The number of piperidine rings is 1. The first-order chi connectivity index (χ1) is 7.68. The predicted octanol–water partition coefficient (Wildman–Crippen LogP) is 1.47. The van der Waals surface area contributed by atoms with Gasteiger partial charge in [-0.05, 0) is 31.9 Å². The Hall–Kier alpha value is -1.00. The Labute approximate surface area is 108 Å². The molecule has 3 N–H and O–H groups in total. The number of amides is 1. The largest absolute Gasteiger partial charge is 0.365 e. The molecule has 0 radical (unpaired) electrons. The summed E-state index contributed by atoms with van der Waals surface area (Å²) in [7, 11) is 0. The van der Waals surface area contributed by atoms with Crippen LogP contribution in [0.1, 0.15) is 29.4 Å². The summed E-state index contributed by atoms with van der Waals surface area (Å²) in [6.45, 7) is 6.03. The average Bonchev–Trinajstić information content (AvgIpc) is 2.68. The lowest BCUT2D eigenvalue weighted by molar-refractivity contribution is 0.0915. The van der Waals surface area contributed by atoms with Crippen LogP contribution in [0.25, 0.3) is 0 Å². The maximum Gasteiger partial charge on any atom is 0.253 e. The highest BCUT2D eigenvalue weighted by Crippen LogP contribution is 2.12. The number of nitrogens with one attached hydrogen (secondary N) is 3. The molecule has 0 saturated carbocycles. The molecule has 1 amide bonds. The third-order valence-electron chi connectivity index (χ3n) is 3.34. The quantitative estimate of drug-likeness (QED) is 0.752. The Morgan fingerprint density at radius 3 is 2.88 bits per heavy atom. The van der Waals surface area contributed by atoms with Gasteiger partial charge in [-0.2, -0.15) is 0 Å². The monoisotopic (exact) mass is 257 g/mol. The Morgan fingerprint density at radius 1 is 1.53 bits per heavy atom. The predicted molar refractivity (Wildman–Crippen MR) is 70.7 cm³/mol. The number of carbonyl (C=O) groups excluding carboxylic acids is 1. The van der Waals surface area contributed by atoms with E-state index in [2.05, 4.69) is 22.5 Å². The molecule has 0 spiro atoms. The molecule has 4 nitrogen and oxygen atoms in total. The third-order valence-corrected chi connectivity index (χ3v) is 3.34. The van der Waals surface area contributed by atoms with Crippen LogP contribution in [0.5, 0.6) is 0 Å². The summed E-state index contributed by atoms with van der Waals surface area (Å²) < 4.78 is 0. The van der Waals surface area contributed by atoms with Crippen LogP contribution in [0.2, 0.25) is 0 Å². The van der Waals surface area contributed by atoms with Gasteiger partial charge in [0.2, 0.25) is 0 Å². The van der Waals surface area contributed by atoms with Gasteiger partial charge in [-0.15, -0.1) is 12.4 Å². The van der Waals surface area contributed by atoms with Crippen LogP contribution in [-0.2, 0) is 0 Å². The molecule has 5 heteroatoms. The van der Waals surface area contributed by atoms with Crippen molar-refractivity contribution < 1.29 is 4.79 Å². The zero-order valence-electron chi connectivity index (χ0n) is 10.2. The van der Waals surface area contributed by atoms with E-state index in [4.69, 9.17) is 0 Å². The summed E-state index contributed by atoms with van der Waals surface area (Å²) in [6, 6.07) is 2.07. The van der Waals surface area contributed by atoms with Crippen molar-refractivity contribution in [1.82, 2.24) is 15.6 Å². The maximum atomic E-state index is 12.0. The minimum absolute atomic E-state index is 0. The van der Waals surface area contributed by atoms with E-state index in [9.17, 15) is 4.79 Å². The first kappa shape index (κ1) is 14.1. The second-order valence-electron chi connectivity index (χ2n) is 4.57. The highest BCUT2D eigenvalue weighted by Gasteiger charge is 2.23. The second kappa shape index (κ2) is 6.07. The van der Waals surface area contributed by atoms with Crippen molar-refractivity contribution in [2.75, 3.05) is 13.1 Å². The normalized spacial score (nSPS) is 23.9. The lowest BCUT2D eigenvalue weighted by Crippen LogP contribution is -2.50. The number of aromatic amines is 1. The minimum atomic E-state index is 0. The highest BCUT2D eigenvalue weighted by atomic mass is 35.5. The van der Waals surface area contributed by atoms with E-state index in [1.807, 2.05) is 13.0 Å². The van der Waals surface area contributed by atoms with Gasteiger partial charge in [0.25, 0.3) is 5.91 Å². The first-order valence-electron chi connectivity index (χ1n) is 5.84. The number of hydrogen-bond acceptors (Lipinski definition) is 2. The van der Waals surface area contributed by atoms with E-state index in [1.165, 1.54) is 0 Å². The van der Waals surface area contributed by atoms with Gasteiger partial charge in [-0.1, -0.05) is 6.92 Å². The smallest absolute Gasteiger partial charge is 0.253 e. The standard InChI is InChI=1S/C12H19N3O.ClH/c1-8-3-5-13-7-11(8)15-12(16)10-4-6-14-9(10)2;/h4,6,8,11,13-14H,3,5,7H2,1-2H3,(H,15,16);1H. The Bertz CT molecular complexity index is 378. The SMILES string of the molecule is Cc1[nH]ccc1C(=O)NC1CNCCC1C.Cl. The first-order valence-corrected chi connectivity index (χ1v) is 5.84. The maximum absolute atomic E-state index is 12.0. The molecule has 1 aliphatic heterocycles. The van der Waals surface area contributed by atoms with E-state index >= 15 is 0 Å². The number of rotatable bonds is 2. The number of carbonyl (C=O) groups is 1. The molecule has 2 heterocycles. The summed E-state index contributed by atoms with van der Waals surface area (Å²) in [5.74, 6) is 0.573.